The van der Waals surface area contributed by atoms with E-state index in [0.717, 1.165) is 0 Å². The van der Waals surface area contributed by atoms with Crippen LogP contribution in [0.5, 0.6) is 0 Å². The first-order valence-corrected chi connectivity index (χ1v) is 3.40. The lowest BCUT2D eigenvalue weighted by Gasteiger charge is -1.63. The lowest BCUT2D eigenvalue weighted by atomic mass is 10.8. The average Bonchev–Trinajstić information content (AvgIpc) is 0.811. The molecule has 0 amide bonds. The normalized spacial score (nSPS) is 5.40. The molecular formula is H2BBr3O. The van der Waals surface area contributed by atoms with Crippen molar-refractivity contribution in [2.45, 2.75) is 0 Å². The van der Waals surface area contributed by atoms with Gasteiger partial charge >= 0.3 is 3.18 Å². The Kier molecular flexibility index (Phi) is 10.6. The first kappa shape index (κ1) is 9.69. The Morgan fingerprint density at radius 2 is 1.00 bits per heavy atom. The summed E-state index contributed by atoms with van der Waals surface area (Å²) in [4.78, 5) is 0. The molecule has 0 bridgehead atoms. The molecule has 0 aromatic rings. The maximum absolute atomic E-state index is 3.10. The molecule has 0 rings (SSSR count). The standard InChI is InChI=1S/BBr3.H2O/c2-1(3)4;/h;1H2. The van der Waals surface area contributed by atoms with Gasteiger partial charge < -0.3 is 5.48 Å². The van der Waals surface area contributed by atoms with Crippen LogP contribution in [0.25, 0.3) is 0 Å². The Labute approximate surface area is 55.8 Å². The molecular weight excluding hydrogens is 267 g/mol. The SMILES string of the molecule is BrB(Br)Br.O. The molecule has 0 atom stereocenters. The zero-order valence-corrected chi connectivity index (χ0v) is 6.97. The van der Waals surface area contributed by atoms with E-state index in [1.807, 2.05) is 0 Å². The summed E-state index contributed by atoms with van der Waals surface area (Å²) in [5, 5.41) is 0. The van der Waals surface area contributed by atoms with Gasteiger partial charge in [-0.05, 0) is 0 Å². The van der Waals surface area contributed by atoms with Crippen molar-refractivity contribution in [2.75, 3.05) is 0 Å². The summed E-state index contributed by atoms with van der Waals surface area (Å²) < 4.78 is 0.271. The van der Waals surface area contributed by atoms with Gasteiger partial charge in [-0.1, -0.05) is 0 Å². The number of rotatable bonds is 0. The van der Waals surface area contributed by atoms with Gasteiger partial charge in [-0.3, -0.25) is 0 Å². The van der Waals surface area contributed by atoms with Crippen molar-refractivity contribution in [3.05, 3.63) is 0 Å². The molecule has 0 radical (unpaired) electrons. The highest BCUT2D eigenvalue weighted by atomic mass is 79.9. The molecule has 0 spiro atoms. The topological polar surface area (TPSA) is 31.5 Å². The minimum Gasteiger partial charge on any atom is -0.412 e. The van der Waals surface area contributed by atoms with Crippen molar-refractivity contribution in [1.29, 1.82) is 0 Å². The Bertz CT molecular complexity index is 11.6. The predicted octanol–water partition coefficient (Wildman–Crippen LogP) is 1.33. The molecule has 1 nitrogen and oxygen atoms in total. The minimum atomic E-state index is 0. The molecule has 2 N–H and O–H groups in total. The second kappa shape index (κ2) is 5.46. The van der Waals surface area contributed by atoms with E-state index in [-0.39, 0.29) is 8.66 Å². The zero-order valence-electron chi connectivity index (χ0n) is 2.21. The molecule has 0 saturated heterocycles. The van der Waals surface area contributed by atoms with Gasteiger partial charge in [-0.2, -0.15) is 0 Å². The first-order valence-electron chi connectivity index (χ1n) is 0.655. The van der Waals surface area contributed by atoms with Crippen LogP contribution < -0.4 is 0 Å². The van der Waals surface area contributed by atoms with Gasteiger partial charge in [0.1, 0.15) is 0 Å². The summed E-state index contributed by atoms with van der Waals surface area (Å²) >= 11 is 9.31. The average molecular weight is 269 g/mol. The third-order valence-corrected chi connectivity index (χ3v) is 0. The van der Waals surface area contributed by atoms with Crippen LogP contribution in [-0.4, -0.2) is 8.66 Å². The van der Waals surface area contributed by atoms with E-state index in [4.69, 9.17) is 0 Å². The van der Waals surface area contributed by atoms with E-state index >= 15 is 0 Å². The van der Waals surface area contributed by atoms with Crippen molar-refractivity contribution < 1.29 is 5.48 Å². The fraction of sp³-hybridized carbons (Fsp3) is 0. The van der Waals surface area contributed by atoms with E-state index in [1.54, 1.807) is 0 Å². The first-order chi connectivity index (χ1) is 1.73. The van der Waals surface area contributed by atoms with Crippen molar-refractivity contribution in [1.82, 2.24) is 0 Å². The third-order valence-electron chi connectivity index (χ3n) is 0. The molecule has 0 aromatic heterocycles. The van der Waals surface area contributed by atoms with E-state index in [0.29, 0.717) is 0 Å². The maximum atomic E-state index is 3.10. The largest absolute Gasteiger partial charge is 0.412 e. The predicted molar refractivity (Wildman–Crippen MR) is 36.1 cm³/mol. The highest BCUT2D eigenvalue weighted by Gasteiger charge is 1.87. The van der Waals surface area contributed by atoms with E-state index < -0.39 is 0 Å². The van der Waals surface area contributed by atoms with Crippen LogP contribution in [0, 0.1) is 0 Å². The summed E-state index contributed by atoms with van der Waals surface area (Å²) in [7, 11) is 0. The summed E-state index contributed by atoms with van der Waals surface area (Å²) in [5.74, 6) is 0. The van der Waals surface area contributed by atoms with Gasteiger partial charge in [0, 0.05) is 0 Å². The molecule has 0 aliphatic heterocycles. The molecule has 0 unspecified atom stereocenters. The second-order valence-corrected chi connectivity index (χ2v) is 6.68. The van der Waals surface area contributed by atoms with Crippen LogP contribution in [-0.2, 0) is 0 Å². The summed E-state index contributed by atoms with van der Waals surface area (Å²) in [6.07, 6.45) is 0. The number of hydrogen-bond donors (Lipinski definition) is 0. The Morgan fingerprint density at radius 1 is 1.00 bits per heavy atom. The molecule has 0 aliphatic rings. The molecule has 5 heteroatoms. The quantitative estimate of drug-likeness (QED) is 0.594. The Balaban J connectivity index is 0. The van der Waals surface area contributed by atoms with Gasteiger partial charge in [-0.25, -0.2) is 0 Å². The van der Waals surface area contributed by atoms with E-state index in [9.17, 15) is 0 Å². The van der Waals surface area contributed by atoms with Crippen molar-refractivity contribution >= 4 is 50.5 Å². The van der Waals surface area contributed by atoms with Crippen LogP contribution in [0.2, 0.25) is 0 Å². The van der Waals surface area contributed by atoms with Gasteiger partial charge in [0.05, 0.1) is 0 Å². The monoisotopic (exact) mass is 266 g/mol. The highest BCUT2D eigenvalue weighted by molar-refractivity contribution is 9.69. The van der Waals surface area contributed by atoms with Crippen LogP contribution in [0.15, 0.2) is 0 Å². The fourth-order valence-corrected chi connectivity index (χ4v) is 0. The third kappa shape index (κ3) is 30.6. The summed E-state index contributed by atoms with van der Waals surface area (Å²) in [6.45, 7) is 0. The second-order valence-electron chi connectivity index (χ2n) is 0.247. The molecule has 0 saturated carbocycles. The van der Waals surface area contributed by atoms with Crippen LogP contribution in [0.1, 0.15) is 0 Å². The zero-order chi connectivity index (χ0) is 3.58. The highest BCUT2D eigenvalue weighted by Crippen LogP contribution is 2.07. The molecule has 0 fully saturated rings. The number of halogens is 3. The van der Waals surface area contributed by atoms with Gasteiger partial charge in [0.2, 0.25) is 0 Å². The summed E-state index contributed by atoms with van der Waals surface area (Å²) in [5.41, 5.74) is 0. The Hall–Kier alpha value is 1.46. The van der Waals surface area contributed by atoms with Crippen molar-refractivity contribution in [3.8, 4) is 0 Å². The fourth-order valence-electron chi connectivity index (χ4n) is 0. The maximum Gasteiger partial charge on any atom is 0.369 e. The van der Waals surface area contributed by atoms with Crippen molar-refractivity contribution in [2.24, 2.45) is 0 Å². The van der Waals surface area contributed by atoms with Crippen LogP contribution in [0.4, 0.5) is 0 Å². The van der Waals surface area contributed by atoms with Gasteiger partial charge in [0.25, 0.3) is 0 Å². The smallest absolute Gasteiger partial charge is 0.369 e. The van der Waals surface area contributed by atoms with Crippen LogP contribution in [0.3, 0.4) is 0 Å². The minimum absolute atomic E-state index is 0. The molecule has 0 aromatic carbocycles. The molecule has 32 valence electrons. The molecule has 0 aliphatic carbocycles. The van der Waals surface area contributed by atoms with Gasteiger partial charge in [0.15, 0.2) is 0 Å². The van der Waals surface area contributed by atoms with E-state index in [1.165, 1.54) is 0 Å². The Morgan fingerprint density at radius 3 is 1.00 bits per heavy atom. The molecule has 5 heavy (non-hydrogen) atoms. The van der Waals surface area contributed by atoms with E-state index in [2.05, 4.69) is 47.3 Å². The van der Waals surface area contributed by atoms with Crippen molar-refractivity contribution in [3.63, 3.8) is 0 Å². The molecule has 0 heterocycles. The summed E-state index contributed by atoms with van der Waals surface area (Å²) in [6, 6.07) is 0. The van der Waals surface area contributed by atoms with Gasteiger partial charge in [-0.15, -0.1) is 47.3 Å². The number of hydrogen-bond acceptors (Lipinski definition) is 0. The lowest BCUT2D eigenvalue weighted by Crippen LogP contribution is -1.60. The lowest BCUT2D eigenvalue weighted by molar-refractivity contribution is 0.824. The van der Waals surface area contributed by atoms with Crippen LogP contribution >= 0.6 is 47.3 Å².